The number of nitrogens with zero attached hydrogens (tertiary/aromatic N) is 2. The molecule has 5 nitrogen and oxygen atoms in total. The highest BCUT2D eigenvalue weighted by atomic mass is 35.5. The molecule has 1 atom stereocenters. The van der Waals surface area contributed by atoms with Gasteiger partial charge in [-0.15, -0.1) is 0 Å². The number of carbonyl (C=O) groups is 1. The molecule has 1 saturated heterocycles. The van der Waals surface area contributed by atoms with E-state index in [0.717, 1.165) is 31.9 Å². The molecule has 1 aromatic rings. The average molecular weight is 373 g/mol. The number of rotatable bonds is 6. The Hall–Kier alpha value is -1.11. The first kappa shape index (κ1) is 19.2. The van der Waals surface area contributed by atoms with Crippen LogP contribution in [0.15, 0.2) is 24.3 Å². The molecule has 0 aliphatic carbocycles. The highest BCUT2D eigenvalue weighted by molar-refractivity contribution is 7.88. The molecule has 1 heterocycles. The summed E-state index contributed by atoms with van der Waals surface area (Å²) in [5, 5.41) is 0.503. The third kappa shape index (κ3) is 4.94. The molecule has 24 heavy (non-hydrogen) atoms. The van der Waals surface area contributed by atoms with Gasteiger partial charge >= 0.3 is 0 Å². The summed E-state index contributed by atoms with van der Waals surface area (Å²) in [6.07, 6.45) is 5.12. The van der Waals surface area contributed by atoms with Gasteiger partial charge in [-0.05, 0) is 37.3 Å². The fourth-order valence-electron chi connectivity index (χ4n) is 3.10. The van der Waals surface area contributed by atoms with Crippen LogP contribution in [0.1, 0.15) is 38.2 Å². The zero-order chi connectivity index (χ0) is 17.7. The minimum Gasteiger partial charge on any atom is -0.339 e. The van der Waals surface area contributed by atoms with E-state index in [4.69, 9.17) is 11.6 Å². The van der Waals surface area contributed by atoms with Crippen LogP contribution >= 0.6 is 11.6 Å². The van der Waals surface area contributed by atoms with Crippen LogP contribution in [-0.4, -0.2) is 48.9 Å². The number of carbonyl (C=O) groups excluding carboxylic acids is 1. The van der Waals surface area contributed by atoms with E-state index < -0.39 is 10.0 Å². The summed E-state index contributed by atoms with van der Waals surface area (Å²) in [4.78, 5) is 14.5. The minimum absolute atomic E-state index is 0.106. The molecule has 7 heteroatoms. The van der Waals surface area contributed by atoms with Gasteiger partial charge in [-0.1, -0.05) is 36.7 Å². The van der Waals surface area contributed by atoms with Gasteiger partial charge in [0.15, 0.2) is 0 Å². The second kappa shape index (κ2) is 8.32. The van der Waals surface area contributed by atoms with E-state index in [2.05, 4.69) is 6.92 Å². The average Bonchev–Trinajstić information content (AvgIpc) is 2.55. The fraction of sp³-hybridized carbons (Fsp3) is 0.588. The largest absolute Gasteiger partial charge is 0.339 e. The van der Waals surface area contributed by atoms with Crippen molar-refractivity contribution >= 4 is 27.5 Å². The van der Waals surface area contributed by atoms with Crippen LogP contribution in [0, 0.1) is 0 Å². The van der Waals surface area contributed by atoms with Gasteiger partial charge in [0.1, 0.15) is 0 Å². The van der Waals surface area contributed by atoms with Gasteiger partial charge in [-0.3, -0.25) is 4.79 Å². The molecule has 0 aromatic heterocycles. The Morgan fingerprint density at radius 1 is 1.33 bits per heavy atom. The zero-order valence-corrected chi connectivity index (χ0v) is 15.8. The Morgan fingerprint density at radius 2 is 2.04 bits per heavy atom. The van der Waals surface area contributed by atoms with E-state index in [1.165, 1.54) is 4.31 Å². The summed E-state index contributed by atoms with van der Waals surface area (Å²) < 4.78 is 25.5. The lowest BCUT2D eigenvalue weighted by Gasteiger charge is -2.36. The molecule has 1 unspecified atom stereocenters. The van der Waals surface area contributed by atoms with E-state index in [0.29, 0.717) is 17.1 Å². The Kier molecular flexibility index (Phi) is 6.66. The van der Waals surface area contributed by atoms with Crippen LogP contribution in [0.4, 0.5) is 0 Å². The van der Waals surface area contributed by atoms with Gasteiger partial charge in [-0.25, -0.2) is 8.42 Å². The Balaban J connectivity index is 2.14. The first-order valence-electron chi connectivity index (χ1n) is 8.31. The summed E-state index contributed by atoms with van der Waals surface area (Å²) in [5.41, 5.74) is 0.697. The predicted molar refractivity (Wildman–Crippen MR) is 96.3 cm³/mol. The monoisotopic (exact) mass is 372 g/mol. The van der Waals surface area contributed by atoms with Crippen LogP contribution in [0.5, 0.6) is 0 Å². The maximum atomic E-state index is 12.7. The van der Waals surface area contributed by atoms with Crippen molar-refractivity contribution in [1.29, 1.82) is 0 Å². The molecule has 2 rings (SSSR count). The van der Waals surface area contributed by atoms with E-state index in [1.807, 2.05) is 4.90 Å². The van der Waals surface area contributed by atoms with E-state index in [1.54, 1.807) is 24.3 Å². The zero-order valence-electron chi connectivity index (χ0n) is 14.2. The number of sulfonamides is 1. The standard InChI is InChI=1S/C17H25ClN2O3S/c1-3-15-9-6-7-11-20(15)17(21)13-19(24(2,22)23)12-14-8-4-5-10-16(14)18/h4-5,8,10,15H,3,6-7,9,11-13H2,1-2H3. The summed E-state index contributed by atoms with van der Waals surface area (Å²) in [6.45, 7) is 2.74. The number of likely N-dealkylation sites (tertiary alicyclic amines) is 1. The lowest BCUT2D eigenvalue weighted by atomic mass is 10.00. The number of amides is 1. The Bertz CT molecular complexity index is 678. The van der Waals surface area contributed by atoms with Gasteiger partial charge in [0.25, 0.3) is 0 Å². The molecule has 0 bridgehead atoms. The van der Waals surface area contributed by atoms with Crippen molar-refractivity contribution < 1.29 is 13.2 Å². The topological polar surface area (TPSA) is 57.7 Å². The molecular formula is C17H25ClN2O3S. The quantitative estimate of drug-likeness (QED) is 0.771. The molecule has 0 N–H and O–H groups in total. The fourth-order valence-corrected chi connectivity index (χ4v) is 4.02. The Morgan fingerprint density at radius 3 is 2.67 bits per heavy atom. The van der Waals surface area contributed by atoms with Crippen molar-refractivity contribution in [1.82, 2.24) is 9.21 Å². The van der Waals surface area contributed by atoms with Crippen LogP contribution in [-0.2, 0) is 21.4 Å². The van der Waals surface area contributed by atoms with Gasteiger partial charge in [0.2, 0.25) is 15.9 Å². The van der Waals surface area contributed by atoms with Gasteiger partial charge < -0.3 is 4.90 Å². The normalized spacial score (nSPS) is 18.8. The predicted octanol–water partition coefficient (Wildman–Crippen LogP) is 2.89. The van der Waals surface area contributed by atoms with Crippen LogP contribution in [0.2, 0.25) is 5.02 Å². The van der Waals surface area contributed by atoms with Crippen LogP contribution in [0.3, 0.4) is 0 Å². The summed E-state index contributed by atoms with van der Waals surface area (Å²) in [6, 6.07) is 7.31. The number of hydrogen-bond donors (Lipinski definition) is 0. The summed E-state index contributed by atoms with van der Waals surface area (Å²) >= 11 is 6.13. The number of benzene rings is 1. The SMILES string of the molecule is CCC1CCCCN1C(=O)CN(Cc1ccccc1Cl)S(C)(=O)=O. The maximum Gasteiger partial charge on any atom is 0.238 e. The van der Waals surface area contributed by atoms with Crippen LogP contribution < -0.4 is 0 Å². The second-order valence-electron chi connectivity index (χ2n) is 6.27. The molecule has 1 amide bonds. The van der Waals surface area contributed by atoms with Gasteiger partial charge in [0.05, 0.1) is 12.8 Å². The first-order valence-corrected chi connectivity index (χ1v) is 10.5. The molecule has 1 aliphatic heterocycles. The third-order valence-electron chi connectivity index (χ3n) is 4.50. The smallest absolute Gasteiger partial charge is 0.238 e. The highest BCUT2D eigenvalue weighted by Gasteiger charge is 2.29. The summed E-state index contributed by atoms with van der Waals surface area (Å²) in [5.74, 6) is -0.126. The highest BCUT2D eigenvalue weighted by Crippen LogP contribution is 2.22. The van der Waals surface area contributed by atoms with E-state index in [9.17, 15) is 13.2 Å². The molecule has 1 fully saturated rings. The molecule has 1 aromatic carbocycles. The number of piperidine rings is 1. The molecular weight excluding hydrogens is 348 g/mol. The van der Waals surface area contributed by atoms with Crippen molar-refractivity contribution in [2.24, 2.45) is 0 Å². The molecule has 0 radical (unpaired) electrons. The Labute approximate surface area is 149 Å². The van der Waals surface area contributed by atoms with Crippen LogP contribution in [0.25, 0.3) is 0 Å². The van der Waals surface area contributed by atoms with Crippen molar-refractivity contribution in [3.05, 3.63) is 34.9 Å². The number of halogens is 1. The molecule has 0 spiro atoms. The van der Waals surface area contributed by atoms with Gasteiger partial charge in [-0.2, -0.15) is 4.31 Å². The lowest BCUT2D eigenvalue weighted by Crippen LogP contribution is -2.48. The lowest BCUT2D eigenvalue weighted by molar-refractivity contribution is -0.135. The number of hydrogen-bond acceptors (Lipinski definition) is 3. The van der Waals surface area contributed by atoms with E-state index >= 15 is 0 Å². The second-order valence-corrected chi connectivity index (χ2v) is 8.66. The summed E-state index contributed by atoms with van der Waals surface area (Å²) in [7, 11) is -3.51. The van der Waals surface area contributed by atoms with E-state index in [-0.39, 0.29) is 25.0 Å². The van der Waals surface area contributed by atoms with Crippen molar-refractivity contribution in [3.63, 3.8) is 0 Å². The van der Waals surface area contributed by atoms with Crippen molar-refractivity contribution in [2.75, 3.05) is 19.3 Å². The molecule has 0 saturated carbocycles. The van der Waals surface area contributed by atoms with Crippen molar-refractivity contribution in [2.45, 2.75) is 45.2 Å². The molecule has 134 valence electrons. The maximum absolute atomic E-state index is 12.7. The third-order valence-corrected chi connectivity index (χ3v) is 6.07. The first-order chi connectivity index (χ1) is 11.3. The van der Waals surface area contributed by atoms with Gasteiger partial charge in [0, 0.05) is 24.2 Å². The van der Waals surface area contributed by atoms with Crippen molar-refractivity contribution in [3.8, 4) is 0 Å². The molecule has 1 aliphatic rings. The minimum atomic E-state index is -3.51.